The largest absolute Gasteiger partial charge is 0.496 e. The fourth-order valence-electron chi connectivity index (χ4n) is 4.21. The molecule has 1 saturated heterocycles. The molecular weight excluding hydrogens is 448 g/mol. The van der Waals surface area contributed by atoms with E-state index in [-0.39, 0.29) is 36.0 Å². The second-order valence-electron chi connectivity index (χ2n) is 7.90. The van der Waals surface area contributed by atoms with Crippen LogP contribution in [0.1, 0.15) is 18.1 Å². The van der Waals surface area contributed by atoms with Crippen LogP contribution in [0.4, 0.5) is 29.3 Å². The van der Waals surface area contributed by atoms with Crippen molar-refractivity contribution in [1.29, 1.82) is 0 Å². The van der Waals surface area contributed by atoms with Gasteiger partial charge in [-0.3, -0.25) is 9.36 Å². The van der Waals surface area contributed by atoms with E-state index in [1.54, 1.807) is 4.90 Å². The summed E-state index contributed by atoms with van der Waals surface area (Å²) in [7, 11) is 1.27. The molecule has 3 heterocycles. The number of benzene rings is 1. The minimum Gasteiger partial charge on any atom is -0.496 e. The number of halogens is 4. The molecule has 4 rings (SSSR count). The quantitative estimate of drug-likeness (QED) is 0.668. The monoisotopic (exact) mass is 472 g/mol. The second-order valence-corrected chi connectivity index (χ2v) is 7.90. The van der Waals surface area contributed by atoms with Gasteiger partial charge < -0.3 is 24.4 Å². The lowest BCUT2D eigenvalue weighted by molar-refractivity contribution is -0.153. The van der Waals surface area contributed by atoms with Crippen molar-refractivity contribution >= 4 is 11.8 Å². The summed E-state index contributed by atoms with van der Waals surface area (Å²) in [6.07, 6.45) is -6.45. The van der Waals surface area contributed by atoms with E-state index < -0.39 is 36.2 Å². The van der Waals surface area contributed by atoms with Crippen LogP contribution in [-0.2, 0) is 11.3 Å². The van der Waals surface area contributed by atoms with Crippen molar-refractivity contribution in [2.24, 2.45) is 0 Å². The van der Waals surface area contributed by atoms with E-state index >= 15 is 0 Å². The van der Waals surface area contributed by atoms with Gasteiger partial charge in [-0.2, -0.15) is 18.2 Å². The zero-order chi connectivity index (χ0) is 23.8. The van der Waals surface area contributed by atoms with E-state index in [0.29, 0.717) is 26.3 Å². The molecule has 1 aromatic carbocycles. The summed E-state index contributed by atoms with van der Waals surface area (Å²) in [4.78, 5) is 19.8. The average molecular weight is 472 g/mol. The van der Waals surface area contributed by atoms with Gasteiger partial charge in [0.25, 0.3) is 5.56 Å². The molecule has 0 amide bonds. The Morgan fingerprint density at radius 3 is 2.64 bits per heavy atom. The van der Waals surface area contributed by atoms with Gasteiger partial charge in [-0.05, 0) is 18.6 Å². The summed E-state index contributed by atoms with van der Waals surface area (Å²) in [6, 6.07) is 2.75. The highest BCUT2D eigenvalue weighted by Gasteiger charge is 2.47. The smallest absolute Gasteiger partial charge is 0.408 e. The standard InChI is InChI=1S/C21H24F4N4O4/c1-32-16-10-13(22)2-3-14(16)15(30)12-29-17(21(23,24)25)4-5-28-19(31)11-18(26-20(28)29)27-6-8-33-9-7-27/h2-3,10-11,15,17,30H,4-9,12H2,1H3/t15-,17-/m0/s1. The van der Waals surface area contributed by atoms with Crippen LogP contribution in [0.25, 0.3) is 0 Å². The first-order chi connectivity index (χ1) is 15.7. The number of morpholine rings is 1. The van der Waals surface area contributed by atoms with E-state index in [2.05, 4.69) is 4.98 Å². The van der Waals surface area contributed by atoms with E-state index in [1.807, 2.05) is 0 Å². The number of rotatable bonds is 5. The highest BCUT2D eigenvalue weighted by molar-refractivity contribution is 5.47. The second kappa shape index (κ2) is 9.18. The fourth-order valence-corrected chi connectivity index (χ4v) is 4.21. The van der Waals surface area contributed by atoms with Crippen molar-refractivity contribution in [2.75, 3.05) is 49.8 Å². The Balaban J connectivity index is 1.74. The van der Waals surface area contributed by atoms with E-state index in [1.165, 1.54) is 23.8 Å². The molecule has 1 fully saturated rings. The molecule has 0 spiro atoms. The van der Waals surface area contributed by atoms with Crippen molar-refractivity contribution in [3.05, 3.63) is 46.0 Å². The first-order valence-electron chi connectivity index (χ1n) is 10.5. The maximum Gasteiger partial charge on any atom is 0.408 e. The number of β-amino-alcohol motifs (C(OH)–C–C–N with tert-alkyl or cyclic N) is 1. The van der Waals surface area contributed by atoms with E-state index in [4.69, 9.17) is 9.47 Å². The lowest BCUT2D eigenvalue weighted by Crippen LogP contribution is -2.54. The molecule has 180 valence electrons. The van der Waals surface area contributed by atoms with E-state index in [0.717, 1.165) is 17.0 Å². The SMILES string of the molecule is COc1cc(F)ccc1[C@@H](O)CN1c2nc(N3CCOCC3)cc(=O)n2CC[C@H]1C(F)(F)F. The summed E-state index contributed by atoms with van der Waals surface area (Å²) in [5.41, 5.74) is -0.343. The molecule has 12 heteroatoms. The van der Waals surface area contributed by atoms with Crippen molar-refractivity contribution in [3.63, 3.8) is 0 Å². The van der Waals surface area contributed by atoms with Crippen LogP contribution in [0, 0.1) is 5.82 Å². The number of fused-ring (bicyclic) bond motifs is 1. The highest BCUT2D eigenvalue weighted by atomic mass is 19.4. The van der Waals surface area contributed by atoms with Crippen molar-refractivity contribution in [1.82, 2.24) is 9.55 Å². The Labute approximate surface area is 187 Å². The Hall–Kier alpha value is -2.86. The number of aromatic nitrogens is 2. The number of methoxy groups -OCH3 is 1. The minimum atomic E-state index is -4.62. The molecular formula is C21H24F4N4O4. The van der Waals surface area contributed by atoms with Crippen molar-refractivity contribution < 1.29 is 32.1 Å². The Morgan fingerprint density at radius 2 is 1.97 bits per heavy atom. The molecule has 2 aliphatic heterocycles. The van der Waals surface area contributed by atoms with Gasteiger partial charge in [-0.25, -0.2) is 4.39 Å². The van der Waals surface area contributed by atoms with Crippen LogP contribution in [0.2, 0.25) is 0 Å². The van der Waals surface area contributed by atoms with Gasteiger partial charge in [0.1, 0.15) is 29.5 Å². The Morgan fingerprint density at radius 1 is 1.24 bits per heavy atom. The predicted octanol–water partition coefficient (Wildman–Crippen LogP) is 2.10. The van der Waals surface area contributed by atoms with Crippen molar-refractivity contribution in [3.8, 4) is 5.75 Å². The summed E-state index contributed by atoms with van der Waals surface area (Å²) in [6.45, 7) is 1.06. The highest BCUT2D eigenvalue weighted by Crippen LogP contribution is 2.36. The van der Waals surface area contributed by atoms with Crippen LogP contribution in [0.5, 0.6) is 5.75 Å². The summed E-state index contributed by atoms with van der Waals surface area (Å²) >= 11 is 0. The molecule has 2 aromatic rings. The van der Waals surface area contributed by atoms with E-state index in [9.17, 15) is 27.5 Å². The van der Waals surface area contributed by atoms with Gasteiger partial charge >= 0.3 is 6.18 Å². The molecule has 33 heavy (non-hydrogen) atoms. The zero-order valence-electron chi connectivity index (χ0n) is 17.9. The normalized spacial score (nSPS) is 19.9. The Bertz CT molecular complexity index is 1060. The molecule has 0 aliphatic carbocycles. The summed E-state index contributed by atoms with van der Waals surface area (Å²) in [5, 5.41) is 10.8. The maximum absolute atomic E-state index is 14.0. The number of aliphatic hydroxyl groups excluding tert-OH is 1. The number of aliphatic hydroxyl groups is 1. The number of ether oxygens (including phenoxy) is 2. The first kappa shape index (κ1) is 23.3. The molecule has 0 saturated carbocycles. The van der Waals surface area contributed by atoms with Crippen LogP contribution in [0.15, 0.2) is 29.1 Å². The third-order valence-corrected chi connectivity index (χ3v) is 5.87. The van der Waals surface area contributed by atoms with Gasteiger partial charge in [-0.15, -0.1) is 0 Å². The lowest BCUT2D eigenvalue weighted by Gasteiger charge is -2.40. The van der Waals surface area contributed by atoms with Crippen LogP contribution in [0.3, 0.4) is 0 Å². The summed E-state index contributed by atoms with van der Waals surface area (Å²) < 4.78 is 67.0. The lowest BCUT2D eigenvalue weighted by atomic mass is 10.0. The van der Waals surface area contributed by atoms with Crippen LogP contribution < -0.4 is 20.1 Å². The zero-order valence-corrected chi connectivity index (χ0v) is 17.9. The van der Waals surface area contributed by atoms with Crippen LogP contribution in [-0.4, -0.2) is 66.8 Å². The number of alkyl halides is 3. The first-order valence-corrected chi connectivity index (χ1v) is 10.5. The van der Waals surface area contributed by atoms with Crippen molar-refractivity contribution in [2.45, 2.75) is 31.3 Å². The fraction of sp³-hybridized carbons (Fsp3) is 0.524. The topological polar surface area (TPSA) is 80.1 Å². The molecule has 8 nitrogen and oxygen atoms in total. The van der Waals surface area contributed by atoms with Gasteiger partial charge in [0, 0.05) is 37.3 Å². The molecule has 2 atom stereocenters. The average Bonchev–Trinajstić information content (AvgIpc) is 2.79. The third-order valence-electron chi connectivity index (χ3n) is 5.87. The van der Waals surface area contributed by atoms with Gasteiger partial charge in [0.2, 0.25) is 5.95 Å². The van der Waals surface area contributed by atoms with Gasteiger partial charge in [-0.1, -0.05) is 0 Å². The molecule has 0 radical (unpaired) electrons. The van der Waals surface area contributed by atoms with Crippen LogP contribution >= 0.6 is 0 Å². The molecule has 1 aromatic heterocycles. The maximum atomic E-state index is 14.0. The third kappa shape index (κ3) is 4.76. The molecule has 1 N–H and O–H groups in total. The molecule has 0 unspecified atom stereocenters. The number of hydrogen-bond acceptors (Lipinski definition) is 7. The van der Waals surface area contributed by atoms with Gasteiger partial charge in [0.15, 0.2) is 0 Å². The summed E-state index contributed by atoms with van der Waals surface area (Å²) in [5.74, 6) is -0.507. The molecule has 0 bridgehead atoms. The predicted molar refractivity (Wildman–Crippen MR) is 111 cm³/mol. The van der Waals surface area contributed by atoms with Gasteiger partial charge in [0.05, 0.1) is 26.9 Å². The number of hydrogen-bond donors (Lipinski definition) is 1. The number of nitrogens with zero attached hydrogens (tertiary/aromatic N) is 4. The number of anilines is 2. The Kier molecular flexibility index (Phi) is 6.48. The minimum absolute atomic E-state index is 0.00971. The molecule has 2 aliphatic rings.